The molecule has 0 fully saturated rings. The summed E-state index contributed by atoms with van der Waals surface area (Å²) < 4.78 is 10.6. The van der Waals surface area contributed by atoms with Crippen LogP contribution in [-0.4, -0.2) is 56.5 Å². The van der Waals surface area contributed by atoms with Crippen molar-refractivity contribution in [3.05, 3.63) is 53.6 Å². The highest BCUT2D eigenvalue weighted by Gasteiger charge is 2.34. The smallest absolute Gasteiger partial charge is 0.261 e. The number of amides is 2. The molecule has 172 valence electrons. The van der Waals surface area contributed by atoms with E-state index in [9.17, 15) is 9.59 Å². The molecule has 2 aromatic carbocycles. The van der Waals surface area contributed by atoms with Gasteiger partial charge < -0.3 is 20.1 Å². The van der Waals surface area contributed by atoms with Gasteiger partial charge in [-0.05, 0) is 44.0 Å². The molecular weight excluding hydrogens is 523 g/mol. The second-order valence-electron chi connectivity index (χ2n) is 6.97. The molecule has 1 heterocycles. The molecule has 0 radical (unpaired) electrons. The maximum Gasteiger partial charge on any atom is 0.261 e. The Morgan fingerprint density at radius 2 is 1.62 bits per heavy atom. The summed E-state index contributed by atoms with van der Waals surface area (Å²) in [5.74, 6) is 1.50. The molecule has 2 amide bonds. The lowest BCUT2D eigenvalue weighted by Crippen LogP contribution is -2.31. The third kappa shape index (κ3) is 5.90. The number of fused-ring (bicyclic) bond motifs is 1. The lowest BCUT2D eigenvalue weighted by atomic mass is 10.1. The van der Waals surface area contributed by atoms with Gasteiger partial charge in [-0.2, -0.15) is 0 Å². The maximum absolute atomic E-state index is 12.4. The number of methoxy groups -OCH3 is 2. The number of rotatable bonds is 9. The van der Waals surface area contributed by atoms with Crippen LogP contribution in [0.1, 0.15) is 40.5 Å². The Balaban J connectivity index is 0.00000363. The number of aliphatic imine (C=N–C) groups is 1. The van der Waals surface area contributed by atoms with Gasteiger partial charge in [0.1, 0.15) is 0 Å². The van der Waals surface area contributed by atoms with E-state index in [0.717, 1.165) is 12.1 Å². The molecule has 32 heavy (non-hydrogen) atoms. The summed E-state index contributed by atoms with van der Waals surface area (Å²) in [6.45, 7) is 3.66. The number of anilines is 1. The molecule has 0 spiro atoms. The Morgan fingerprint density at radius 1 is 0.969 bits per heavy atom. The normalized spacial score (nSPS) is 12.8. The molecule has 0 saturated carbocycles. The number of imide groups is 1. The number of benzene rings is 2. The zero-order chi connectivity index (χ0) is 22.2. The largest absolute Gasteiger partial charge is 0.493 e. The van der Waals surface area contributed by atoms with E-state index < -0.39 is 0 Å². The summed E-state index contributed by atoms with van der Waals surface area (Å²) in [6, 6.07) is 12.5. The molecule has 0 unspecified atom stereocenters. The number of unbranched alkanes of at least 4 members (excludes halogenated alkanes) is 1. The number of ether oxygens (including phenoxy) is 2. The van der Waals surface area contributed by atoms with E-state index in [1.165, 1.54) is 4.90 Å². The quantitative estimate of drug-likeness (QED) is 0.162. The number of hydrogen-bond donors (Lipinski definition) is 2. The monoisotopic (exact) mass is 552 g/mol. The van der Waals surface area contributed by atoms with E-state index in [1.54, 1.807) is 38.5 Å². The van der Waals surface area contributed by atoms with E-state index in [-0.39, 0.29) is 35.8 Å². The second-order valence-corrected chi connectivity index (χ2v) is 6.97. The third-order valence-electron chi connectivity index (χ3n) is 4.93. The Hall–Kier alpha value is -2.82. The van der Waals surface area contributed by atoms with Gasteiger partial charge in [0.15, 0.2) is 17.5 Å². The van der Waals surface area contributed by atoms with Crippen LogP contribution in [-0.2, 0) is 0 Å². The zero-order valence-electron chi connectivity index (χ0n) is 18.5. The van der Waals surface area contributed by atoms with Gasteiger partial charge in [-0.25, -0.2) is 0 Å². The van der Waals surface area contributed by atoms with Gasteiger partial charge in [-0.3, -0.25) is 19.5 Å². The summed E-state index contributed by atoms with van der Waals surface area (Å²) in [7, 11) is 3.19. The molecule has 8 nitrogen and oxygen atoms in total. The summed E-state index contributed by atoms with van der Waals surface area (Å²) in [5.41, 5.74) is 1.79. The standard InChI is InChI=1S/C23H28N4O4.HI/c1-4-24-23(26-16-11-12-19(30-2)20(15-16)31-3)25-13-7-8-14-27-21(28)17-9-5-6-10-18(17)22(27)29;/h5-6,9-12,15H,4,7-8,13-14H2,1-3H3,(H2,24,25,26);1H. The van der Waals surface area contributed by atoms with Gasteiger partial charge in [0.2, 0.25) is 0 Å². The van der Waals surface area contributed by atoms with E-state index in [2.05, 4.69) is 15.6 Å². The minimum absolute atomic E-state index is 0. The van der Waals surface area contributed by atoms with Crippen molar-refractivity contribution in [3.63, 3.8) is 0 Å². The van der Waals surface area contributed by atoms with Gasteiger partial charge in [-0.1, -0.05) is 12.1 Å². The zero-order valence-corrected chi connectivity index (χ0v) is 20.8. The van der Waals surface area contributed by atoms with Crippen LogP contribution < -0.4 is 20.1 Å². The number of guanidine groups is 1. The Morgan fingerprint density at radius 3 is 2.22 bits per heavy atom. The maximum atomic E-state index is 12.4. The number of nitrogens with zero attached hydrogens (tertiary/aromatic N) is 2. The highest BCUT2D eigenvalue weighted by molar-refractivity contribution is 14.0. The number of halogens is 1. The van der Waals surface area contributed by atoms with Gasteiger partial charge in [0.05, 0.1) is 25.3 Å². The number of hydrogen-bond acceptors (Lipinski definition) is 5. The van der Waals surface area contributed by atoms with Crippen LogP contribution >= 0.6 is 24.0 Å². The first kappa shape index (κ1) is 25.4. The van der Waals surface area contributed by atoms with Crippen molar-refractivity contribution in [2.45, 2.75) is 19.8 Å². The van der Waals surface area contributed by atoms with Crippen LogP contribution in [0.4, 0.5) is 5.69 Å². The molecule has 0 aromatic heterocycles. The highest BCUT2D eigenvalue weighted by Crippen LogP contribution is 2.29. The minimum atomic E-state index is -0.215. The molecule has 1 aliphatic heterocycles. The van der Waals surface area contributed by atoms with Crippen molar-refractivity contribution in [1.82, 2.24) is 10.2 Å². The number of carbonyl (C=O) groups excluding carboxylic acids is 2. The average molecular weight is 552 g/mol. The number of carbonyl (C=O) groups is 2. The fraction of sp³-hybridized carbons (Fsp3) is 0.348. The van der Waals surface area contributed by atoms with E-state index in [1.807, 2.05) is 25.1 Å². The number of nitrogens with one attached hydrogen (secondary N) is 2. The predicted molar refractivity (Wildman–Crippen MR) is 136 cm³/mol. The lowest BCUT2D eigenvalue weighted by molar-refractivity contribution is 0.0652. The minimum Gasteiger partial charge on any atom is -0.493 e. The van der Waals surface area contributed by atoms with E-state index >= 15 is 0 Å². The topological polar surface area (TPSA) is 92.3 Å². The van der Waals surface area contributed by atoms with Crippen LogP contribution in [0.25, 0.3) is 0 Å². The fourth-order valence-corrected chi connectivity index (χ4v) is 3.37. The highest BCUT2D eigenvalue weighted by atomic mass is 127. The summed E-state index contributed by atoms with van der Waals surface area (Å²) >= 11 is 0. The Kier molecular flexibility index (Phi) is 9.76. The molecule has 0 bridgehead atoms. The van der Waals surface area contributed by atoms with Crippen molar-refractivity contribution >= 4 is 47.4 Å². The van der Waals surface area contributed by atoms with Crippen molar-refractivity contribution in [2.75, 3.05) is 39.2 Å². The Labute approximate surface area is 205 Å². The molecule has 0 aliphatic carbocycles. The average Bonchev–Trinajstić information content (AvgIpc) is 3.03. The molecule has 0 saturated heterocycles. The molecule has 9 heteroatoms. The van der Waals surface area contributed by atoms with Crippen LogP contribution in [0.2, 0.25) is 0 Å². The lowest BCUT2D eigenvalue weighted by Gasteiger charge is -2.14. The van der Waals surface area contributed by atoms with Crippen molar-refractivity contribution in [1.29, 1.82) is 0 Å². The molecule has 1 aliphatic rings. The molecule has 3 rings (SSSR count). The van der Waals surface area contributed by atoms with Crippen LogP contribution in [0.5, 0.6) is 11.5 Å². The van der Waals surface area contributed by atoms with Gasteiger partial charge in [0, 0.05) is 31.4 Å². The van der Waals surface area contributed by atoms with Crippen molar-refractivity contribution in [3.8, 4) is 11.5 Å². The summed E-state index contributed by atoms with van der Waals surface area (Å²) in [5, 5.41) is 6.45. The first-order valence-electron chi connectivity index (χ1n) is 10.3. The summed E-state index contributed by atoms with van der Waals surface area (Å²) in [4.78, 5) is 30.7. The Bertz CT molecular complexity index is 945. The molecule has 2 aromatic rings. The van der Waals surface area contributed by atoms with Gasteiger partial charge in [0.25, 0.3) is 11.8 Å². The third-order valence-corrected chi connectivity index (χ3v) is 4.93. The molecular formula is C23H29IN4O4. The van der Waals surface area contributed by atoms with Crippen LogP contribution in [0.15, 0.2) is 47.5 Å². The van der Waals surface area contributed by atoms with E-state index in [0.29, 0.717) is 54.6 Å². The van der Waals surface area contributed by atoms with Crippen LogP contribution in [0.3, 0.4) is 0 Å². The van der Waals surface area contributed by atoms with Crippen LogP contribution in [0, 0.1) is 0 Å². The van der Waals surface area contributed by atoms with E-state index in [4.69, 9.17) is 9.47 Å². The summed E-state index contributed by atoms with van der Waals surface area (Å²) in [6.07, 6.45) is 1.43. The molecule has 2 N–H and O–H groups in total. The first-order chi connectivity index (χ1) is 15.1. The first-order valence-corrected chi connectivity index (χ1v) is 10.3. The fourth-order valence-electron chi connectivity index (χ4n) is 3.37. The second kappa shape index (κ2) is 12.3. The SMILES string of the molecule is CCNC(=NCCCCN1C(=O)c2ccccc2C1=O)Nc1ccc(OC)c(OC)c1.I. The van der Waals surface area contributed by atoms with Gasteiger partial charge >= 0.3 is 0 Å². The van der Waals surface area contributed by atoms with Crippen molar-refractivity contribution in [2.24, 2.45) is 4.99 Å². The predicted octanol–water partition coefficient (Wildman–Crippen LogP) is 3.78. The molecule has 0 atom stereocenters. The van der Waals surface area contributed by atoms with Crippen molar-refractivity contribution < 1.29 is 19.1 Å². The van der Waals surface area contributed by atoms with Gasteiger partial charge in [-0.15, -0.1) is 24.0 Å².